The van der Waals surface area contributed by atoms with E-state index in [-0.39, 0.29) is 12.3 Å². The molecule has 0 bridgehead atoms. The molecule has 1 unspecified atom stereocenters. The van der Waals surface area contributed by atoms with E-state index >= 15 is 0 Å². The number of halogens is 6. The number of hydrogen-bond acceptors (Lipinski definition) is 13. The van der Waals surface area contributed by atoms with Crippen LogP contribution in [0.2, 0.25) is 0 Å². The molecule has 1 atom stereocenters. The fraction of sp³-hybridized carbons (Fsp3) is 0.481. The first-order chi connectivity index (χ1) is 36.3. The van der Waals surface area contributed by atoms with Crippen molar-refractivity contribution in [2.45, 2.75) is 130 Å². The van der Waals surface area contributed by atoms with E-state index in [0.29, 0.717) is 38.3 Å². The number of Topliss-reactive ketones (excluding diaryl/α,β-unsaturated/α-hetero) is 1. The zero-order valence-corrected chi connectivity index (χ0v) is 60.9. The second-order valence-corrected chi connectivity index (χ2v) is 54.9. The molecular formula is C54H74BrI5N3O7S5V. The number of ether oxygens (including phenoxy) is 2. The zero-order valence-electron chi connectivity index (χ0n) is 43.0. The van der Waals surface area contributed by atoms with Gasteiger partial charge in [0.15, 0.2) is 5.78 Å². The number of ketones is 1. The summed E-state index contributed by atoms with van der Waals surface area (Å²) in [6, 6.07) is 14.7. The van der Waals surface area contributed by atoms with Gasteiger partial charge in [-0.2, -0.15) is 55.9 Å². The standard InChI is InChI=1S/C12H15NO2S.C9H11NS.C9H12O2S.C9H10OS.C7H9BrS.C5H7NO2.2CH3I.CH4.3HI.V/c1-2-15-12(14)11(8-13)5-3-4-10-6-7-16-9-10;10-6-3-1-2-4-9-5-7-11-8-9;10-9(11)4-2-1-3-8-5-6-12-7-8;10-8-4-2-1-3-7-5-6-11-9(7)8;8-4-1-2-7-3-5-9-6-7;1-3-6-5(7)8-4-2;2*1-2;;;;;/h6-7,9,11H,2-5H2,1H3;5,7-8H,1-4H2;5-7H,1-4H2,(H,10,11);5-6H,1-4H2;3,5-6H,1-2,4H2;1,4H2,2H3;2*1H3;1H4;3*1H;/q;;;;;;;;;;;;+3/p-3. The maximum absolute atomic E-state index is 11.4. The van der Waals surface area contributed by atoms with E-state index in [1.807, 2.05) is 32.1 Å². The summed E-state index contributed by atoms with van der Waals surface area (Å²) < 4.78 is 9.20. The van der Waals surface area contributed by atoms with Crippen LogP contribution in [0.4, 0.5) is 4.79 Å². The van der Waals surface area contributed by atoms with Crippen LogP contribution in [0.15, 0.2) is 90.3 Å². The number of nitriles is 2. The van der Waals surface area contributed by atoms with Crippen LogP contribution in [-0.4, -0.2) is 63.2 Å². The molecule has 0 aromatic carbocycles. The number of carbonyl (C=O) groups is 4. The number of fused-ring (bicyclic) bond motifs is 1. The normalized spacial score (nSPS) is 10.5. The number of thiophene rings is 5. The molecule has 76 heavy (non-hydrogen) atoms. The van der Waals surface area contributed by atoms with Gasteiger partial charge in [0.1, 0.15) is 5.92 Å². The van der Waals surface area contributed by atoms with E-state index in [9.17, 15) is 19.2 Å². The van der Waals surface area contributed by atoms with Gasteiger partial charge < -0.3 is 14.6 Å². The summed E-state index contributed by atoms with van der Waals surface area (Å²) in [4.78, 5) is 50.8. The van der Waals surface area contributed by atoms with Crippen LogP contribution in [0.1, 0.15) is 136 Å². The molecule has 1 amide bonds. The van der Waals surface area contributed by atoms with Gasteiger partial charge in [0.25, 0.3) is 0 Å². The van der Waals surface area contributed by atoms with E-state index in [1.165, 1.54) is 47.1 Å². The molecule has 1 N–H and O–H groups in total. The first-order valence-corrected chi connectivity index (χ1v) is 47.2. The van der Waals surface area contributed by atoms with Crippen LogP contribution in [0.25, 0.3) is 0 Å². The molecule has 0 aliphatic heterocycles. The monoisotopic (exact) mass is 1800 g/mol. The number of aryl methyl sites for hydroxylation is 5. The van der Waals surface area contributed by atoms with Gasteiger partial charge in [0, 0.05) is 24.6 Å². The molecule has 1 aliphatic carbocycles. The second-order valence-electron chi connectivity index (χ2n) is 14.7. The van der Waals surface area contributed by atoms with Crippen LogP contribution < -0.4 is 0 Å². The number of unbranched alkanes of at least 4 members (excludes halogenated alkanes) is 3. The molecular weight excluding hydrogens is 1730 g/mol. The number of aliphatic carboxylic acids is 1. The number of esters is 1. The molecule has 0 spiro atoms. The molecule has 424 valence electrons. The van der Waals surface area contributed by atoms with Gasteiger partial charge in [-0.25, -0.2) is 4.79 Å². The van der Waals surface area contributed by atoms with Gasteiger partial charge in [0.05, 0.1) is 30.2 Å². The van der Waals surface area contributed by atoms with Crippen molar-refractivity contribution in [1.29, 1.82) is 10.5 Å². The summed E-state index contributed by atoms with van der Waals surface area (Å²) in [5, 5.41) is 45.5. The molecule has 0 saturated heterocycles. The third kappa shape index (κ3) is 51.8. The third-order valence-corrected chi connectivity index (χ3v) is 13.7. The number of rotatable bonds is 19. The van der Waals surface area contributed by atoms with E-state index in [1.54, 1.807) is 70.5 Å². The molecule has 5 aromatic rings. The zero-order chi connectivity index (χ0) is 56.7. The first-order valence-electron chi connectivity index (χ1n) is 23.6. The average molecular weight is 1800 g/mol. The number of nitrogens with zero attached hydrogens (tertiary/aromatic N) is 3. The van der Waals surface area contributed by atoms with Gasteiger partial charge in [0.2, 0.25) is 0 Å². The summed E-state index contributed by atoms with van der Waals surface area (Å²) in [5.41, 5.74) is 6.75. The molecule has 0 fully saturated rings. The van der Waals surface area contributed by atoms with Crippen LogP contribution in [0.5, 0.6) is 0 Å². The summed E-state index contributed by atoms with van der Waals surface area (Å²) in [5.74, 6) is 0.707. The molecule has 1 aliphatic rings. The van der Waals surface area contributed by atoms with Gasteiger partial charge in [-0.15, -0.1) is 16.3 Å². The molecule has 5 heterocycles. The Balaban J connectivity index is -0.000000401. The Bertz CT molecular complexity index is 2220. The van der Waals surface area contributed by atoms with E-state index in [0.717, 1.165) is 80.8 Å². The summed E-state index contributed by atoms with van der Waals surface area (Å²) in [7, 11) is 0. The quantitative estimate of drug-likeness (QED) is 0.0211. The predicted molar refractivity (Wildman–Crippen MR) is 371 cm³/mol. The average Bonchev–Trinajstić information content (AvgIpc) is 4.28. The number of hydrogen-bond donors (Lipinski definition) is 1. The summed E-state index contributed by atoms with van der Waals surface area (Å²) in [6.45, 7) is 7.22. The van der Waals surface area contributed by atoms with Crippen LogP contribution in [0.3, 0.4) is 0 Å². The van der Waals surface area contributed by atoms with Crippen LogP contribution in [-0.2, 0) is 56.1 Å². The van der Waals surface area contributed by atoms with E-state index < -0.39 is 23.9 Å². The number of alkyl halides is 3. The SMILES string of the molecule is BrCCCc1ccsc1.C.C=C=NC(=O)OCC.CCOC(=O)C(C#N)CCCc1ccsc1.CI.CI.N#CCCCCc1ccsc1.O=C(O)CCCCc1ccsc1.O=C1CCCCc2ccsc21.[I][V]([I])[I]. The van der Waals surface area contributed by atoms with Crippen molar-refractivity contribution >= 4 is 207 Å². The van der Waals surface area contributed by atoms with E-state index in [2.05, 4.69) is 212 Å². The fourth-order valence-electron chi connectivity index (χ4n) is 5.85. The Kier molecular flexibility index (Phi) is 67.4. The van der Waals surface area contributed by atoms with Crippen molar-refractivity contribution in [2.75, 3.05) is 28.4 Å². The number of carboxylic acids is 1. The molecule has 5 aromatic heterocycles. The van der Waals surface area contributed by atoms with Crippen molar-refractivity contribution in [3.63, 3.8) is 0 Å². The van der Waals surface area contributed by atoms with Crippen molar-refractivity contribution in [2.24, 2.45) is 10.9 Å². The molecule has 10 nitrogen and oxygen atoms in total. The number of amides is 1. The number of carbonyl (C=O) groups excluding carboxylic acids is 3. The Hall–Kier alpha value is -0.276. The number of aliphatic imine (C=N–C) groups is 1. The first kappa shape index (κ1) is 82.2. The second kappa shape index (κ2) is 62.3. The van der Waals surface area contributed by atoms with Gasteiger partial charge in [-0.3, -0.25) is 14.4 Å². The Labute approximate surface area is 548 Å². The molecule has 6 rings (SSSR count). The number of carboxylic acid groups (broad SMARTS) is 1. The minimum absolute atomic E-state index is 0. The molecule has 0 saturated carbocycles. The maximum atomic E-state index is 11.4. The van der Waals surface area contributed by atoms with Crippen LogP contribution in [0, 0.1) is 28.6 Å². The summed E-state index contributed by atoms with van der Waals surface area (Å²) in [6.07, 6.45) is 15.3. The fourth-order valence-corrected chi connectivity index (χ4v) is 9.87. The summed E-state index contributed by atoms with van der Waals surface area (Å²) >= 11 is 23.5. The van der Waals surface area contributed by atoms with Crippen molar-refractivity contribution in [3.8, 4) is 12.1 Å². The Morgan fingerprint density at radius 1 is 0.737 bits per heavy atom. The van der Waals surface area contributed by atoms with Gasteiger partial charge in [-0.05, 0) is 233 Å². The minimum atomic E-state index is -0.694. The van der Waals surface area contributed by atoms with Gasteiger partial charge >= 0.3 is 82.9 Å². The van der Waals surface area contributed by atoms with Crippen molar-refractivity contribution in [1.82, 2.24) is 0 Å². The van der Waals surface area contributed by atoms with Crippen LogP contribution >= 0.6 is 178 Å². The van der Waals surface area contributed by atoms with Crippen molar-refractivity contribution in [3.05, 3.63) is 118 Å². The Morgan fingerprint density at radius 2 is 1.20 bits per heavy atom. The van der Waals surface area contributed by atoms with Crippen molar-refractivity contribution < 1.29 is 38.7 Å². The Morgan fingerprint density at radius 3 is 1.61 bits per heavy atom. The molecule has 22 heteroatoms. The third-order valence-electron chi connectivity index (χ3n) is 9.25. The van der Waals surface area contributed by atoms with Gasteiger partial charge in [-0.1, -0.05) is 68.5 Å². The predicted octanol–water partition coefficient (Wildman–Crippen LogP) is 20.4. The topological polar surface area (TPSA) is 167 Å². The molecule has 0 radical (unpaired) electrons. The van der Waals surface area contributed by atoms with E-state index in [4.69, 9.17) is 20.4 Å².